The number of carbonyl (C=O) groups is 3. The molecule has 1 amide bonds. The van der Waals surface area contributed by atoms with Gasteiger partial charge in [-0.05, 0) is 25.8 Å². The molecule has 3 fully saturated rings. The molecule has 0 aromatic rings. The first-order valence-corrected chi connectivity index (χ1v) is 8.03. The summed E-state index contributed by atoms with van der Waals surface area (Å²) in [7, 11) is -1.66. The zero-order valence-electron chi connectivity index (χ0n) is 17.3. The minimum atomic E-state index is -2.61. The second kappa shape index (κ2) is 7.69. The molecule has 10 nitrogen and oxygen atoms in total. The van der Waals surface area contributed by atoms with E-state index >= 15 is 0 Å². The second-order valence-electron chi connectivity index (χ2n) is 6.04. The van der Waals surface area contributed by atoms with Crippen molar-refractivity contribution in [3.63, 3.8) is 0 Å². The molecule has 138 valence electrons. The average Bonchev–Trinajstić information content (AvgIpc) is 3.22. The fourth-order valence-electron chi connectivity index (χ4n) is 2.98. The van der Waals surface area contributed by atoms with Gasteiger partial charge in [-0.15, -0.1) is 0 Å². The molecule has 0 bridgehead atoms. The highest BCUT2D eigenvalue weighted by molar-refractivity contribution is 6.50. The van der Waals surface area contributed by atoms with E-state index in [9.17, 15) is 19.5 Å². The Morgan fingerprint density at radius 1 is 1.52 bits per heavy atom. The van der Waals surface area contributed by atoms with Crippen molar-refractivity contribution in [2.24, 2.45) is 0 Å². The first-order chi connectivity index (χ1) is 13.4. The lowest BCUT2D eigenvalue weighted by molar-refractivity contribution is -0.172. The van der Waals surface area contributed by atoms with Crippen LogP contribution in [-0.4, -0.2) is 90.4 Å². The molecule has 4 N–H and O–H groups in total. The van der Waals surface area contributed by atoms with E-state index in [0.29, 0.717) is 24.4 Å². The van der Waals surface area contributed by atoms with Crippen LogP contribution in [0.5, 0.6) is 0 Å². The fourth-order valence-corrected chi connectivity index (χ4v) is 2.98. The summed E-state index contributed by atoms with van der Waals surface area (Å²) in [4.78, 5) is 36.6. The summed E-state index contributed by atoms with van der Waals surface area (Å²) < 4.78 is 42.5. The number of carboxylic acid groups (broad SMARTS) is 1. The molecule has 2 unspecified atom stereocenters. The van der Waals surface area contributed by atoms with Crippen molar-refractivity contribution in [1.29, 1.82) is 0 Å². The summed E-state index contributed by atoms with van der Waals surface area (Å²) in [5, 5.41) is 24.3. The molecule has 4 atom stereocenters. The van der Waals surface area contributed by atoms with Gasteiger partial charge in [-0.3, -0.25) is 9.59 Å². The predicted molar refractivity (Wildman–Crippen MR) is 84.4 cm³/mol. The van der Waals surface area contributed by atoms with Crippen LogP contribution in [0.2, 0.25) is 0 Å². The van der Waals surface area contributed by atoms with E-state index in [1.54, 1.807) is 0 Å². The van der Waals surface area contributed by atoms with E-state index in [2.05, 4.69) is 10.6 Å². The third-order valence-corrected chi connectivity index (χ3v) is 4.32. The standard InChI is InChI=1S/C14H22BN3O7/c19-10(7-17-8-3-4-16-6-8)18-5-1-2-9(18)15-24-12(13(21)22)11(20)14(23)25-15/h8-9,11-12,16-17,20H,1-7H2,(H,21,22)/t8-,9+,11?,12?/m1/s1/i5D2,7D2. The number of hydrogen-bond donors (Lipinski definition) is 4. The molecule has 0 radical (unpaired) electrons. The number of hydrogen-bond acceptors (Lipinski definition) is 8. The SMILES string of the molecule is [2H]C([2H])(N[C@@H]1CCNC1)C(=O)N1[C@H](B2OC(=O)C(O)C(C(=O)O)O2)CCC1([2H])[2H]. The van der Waals surface area contributed by atoms with Gasteiger partial charge in [-0.2, -0.15) is 0 Å². The topological polar surface area (TPSA) is 137 Å². The van der Waals surface area contributed by atoms with Crippen LogP contribution in [0.3, 0.4) is 0 Å². The Kier molecular flexibility index (Phi) is 4.15. The van der Waals surface area contributed by atoms with Gasteiger partial charge < -0.3 is 35.1 Å². The average molecular weight is 359 g/mol. The Balaban J connectivity index is 1.82. The maximum Gasteiger partial charge on any atom is 0.552 e. The van der Waals surface area contributed by atoms with Gasteiger partial charge in [0.1, 0.15) is 0 Å². The molecule has 0 aromatic carbocycles. The summed E-state index contributed by atoms with van der Waals surface area (Å²) in [5.74, 6) is -5.36. The third-order valence-electron chi connectivity index (χ3n) is 4.32. The Morgan fingerprint density at radius 2 is 2.32 bits per heavy atom. The van der Waals surface area contributed by atoms with Gasteiger partial charge in [0.2, 0.25) is 5.91 Å². The molecule has 11 heteroatoms. The Hall–Kier alpha value is -1.69. The van der Waals surface area contributed by atoms with Crippen LogP contribution in [0.15, 0.2) is 0 Å². The second-order valence-corrected chi connectivity index (χ2v) is 6.04. The maximum absolute atomic E-state index is 13.0. The summed E-state index contributed by atoms with van der Waals surface area (Å²) in [5.41, 5.74) is 0. The molecule has 3 heterocycles. The van der Waals surface area contributed by atoms with E-state index in [1.165, 1.54) is 0 Å². The number of nitrogens with zero attached hydrogens (tertiary/aromatic N) is 1. The number of likely N-dealkylation sites (tertiary alicyclic amines) is 1. The normalized spacial score (nSPS) is 37.7. The molecule has 3 rings (SSSR count). The van der Waals surface area contributed by atoms with Crippen molar-refractivity contribution < 1.29 is 39.4 Å². The summed E-state index contributed by atoms with van der Waals surface area (Å²) in [6.45, 7) is -3.78. The number of rotatable bonds is 5. The molecule has 25 heavy (non-hydrogen) atoms. The lowest BCUT2D eigenvalue weighted by Crippen LogP contribution is -2.60. The molecule has 0 spiro atoms. The van der Waals surface area contributed by atoms with Crippen LogP contribution in [0.25, 0.3) is 0 Å². The molecule has 0 aliphatic carbocycles. The maximum atomic E-state index is 13.0. The minimum Gasteiger partial charge on any atom is -0.506 e. The summed E-state index contributed by atoms with van der Waals surface area (Å²) >= 11 is 0. The van der Waals surface area contributed by atoms with Gasteiger partial charge in [0.25, 0.3) is 0 Å². The molecule has 3 aliphatic rings. The quantitative estimate of drug-likeness (QED) is 0.388. The number of aliphatic hydroxyl groups is 1. The number of carboxylic acids is 1. The molecule has 0 saturated carbocycles. The van der Waals surface area contributed by atoms with Gasteiger partial charge in [0.15, 0.2) is 12.2 Å². The van der Waals surface area contributed by atoms with E-state index in [-0.39, 0.29) is 18.9 Å². The molecule has 3 saturated heterocycles. The van der Waals surface area contributed by atoms with Crippen LogP contribution in [-0.2, 0) is 23.7 Å². The van der Waals surface area contributed by atoms with Crippen molar-refractivity contribution in [3.05, 3.63) is 0 Å². The van der Waals surface area contributed by atoms with Crippen molar-refractivity contribution in [2.75, 3.05) is 26.1 Å². The Bertz CT molecular complexity index is 694. The third kappa shape index (κ3) is 3.95. The number of aliphatic carboxylic acids is 1. The van der Waals surface area contributed by atoms with Gasteiger partial charge in [0, 0.05) is 21.8 Å². The smallest absolute Gasteiger partial charge is 0.506 e. The fraction of sp³-hybridized carbons (Fsp3) is 0.786. The van der Waals surface area contributed by atoms with Gasteiger partial charge in [-0.25, -0.2) is 4.79 Å². The van der Waals surface area contributed by atoms with Crippen LogP contribution < -0.4 is 10.6 Å². The first-order valence-electron chi connectivity index (χ1n) is 10.0. The van der Waals surface area contributed by atoms with Crippen LogP contribution in [0.1, 0.15) is 24.7 Å². The zero-order valence-corrected chi connectivity index (χ0v) is 13.3. The van der Waals surface area contributed by atoms with E-state index in [4.69, 9.17) is 19.9 Å². The highest BCUT2D eigenvalue weighted by atomic mass is 16.7. The van der Waals surface area contributed by atoms with Crippen LogP contribution in [0, 0.1) is 0 Å². The lowest BCUT2D eigenvalue weighted by atomic mass is 9.74. The van der Waals surface area contributed by atoms with Crippen LogP contribution in [0.4, 0.5) is 0 Å². The van der Waals surface area contributed by atoms with E-state index < -0.39 is 56.1 Å². The van der Waals surface area contributed by atoms with E-state index in [1.807, 2.05) is 0 Å². The molecular weight excluding hydrogens is 333 g/mol. The van der Waals surface area contributed by atoms with Crippen LogP contribution >= 0.6 is 0 Å². The summed E-state index contributed by atoms with van der Waals surface area (Å²) in [6, 6.07) is -0.323. The van der Waals surface area contributed by atoms with Crippen molar-refractivity contribution in [2.45, 2.75) is 43.5 Å². The number of aliphatic hydroxyl groups excluding tert-OH is 1. The monoisotopic (exact) mass is 359 g/mol. The van der Waals surface area contributed by atoms with Crippen molar-refractivity contribution >= 4 is 25.0 Å². The minimum absolute atomic E-state index is 0.0554. The Labute approximate surface area is 150 Å². The summed E-state index contributed by atoms with van der Waals surface area (Å²) in [6.07, 6.45) is -3.66. The molecular formula is C14H22BN3O7. The zero-order chi connectivity index (χ0) is 21.6. The van der Waals surface area contributed by atoms with Gasteiger partial charge in [0.05, 0.1) is 15.2 Å². The van der Waals surface area contributed by atoms with Gasteiger partial charge >= 0.3 is 19.1 Å². The molecule has 0 aromatic heterocycles. The lowest BCUT2D eigenvalue weighted by Gasteiger charge is -2.34. The first kappa shape index (κ1) is 13.5. The van der Waals surface area contributed by atoms with Gasteiger partial charge in [-0.1, -0.05) is 0 Å². The number of carbonyl (C=O) groups excluding carboxylic acids is 2. The van der Waals surface area contributed by atoms with E-state index in [0.717, 1.165) is 0 Å². The predicted octanol–water partition coefficient (Wildman–Crippen LogP) is -2.66. The molecule has 3 aliphatic heterocycles. The van der Waals surface area contributed by atoms with Crippen molar-refractivity contribution in [1.82, 2.24) is 15.5 Å². The largest absolute Gasteiger partial charge is 0.552 e. The number of nitrogens with one attached hydrogen (secondary N) is 2. The highest BCUT2D eigenvalue weighted by Crippen LogP contribution is 2.25. The number of amides is 1. The highest BCUT2D eigenvalue weighted by Gasteiger charge is 2.52. The van der Waals surface area contributed by atoms with Crippen molar-refractivity contribution in [3.8, 4) is 0 Å². The Morgan fingerprint density at radius 3 is 3.00 bits per heavy atom.